The average molecular weight is 521 g/mol. The Kier molecular flexibility index (Phi) is 9.03. The van der Waals surface area contributed by atoms with Crippen LogP contribution in [0.1, 0.15) is 46.3 Å². The molecule has 0 spiro atoms. The number of nitrogens with zero attached hydrogens (tertiary/aromatic N) is 1. The summed E-state index contributed by atoms with van der Waals surface area (Å²) in [6.07, 6.45) is 0.570. The molecule has 0 aliphatic heterocycles. The first-order valence-electron chi connectivity index (χ1n) is 11.4. The summed E-state index contributed by atoms with van der Waals surface area (Å²) in [5.74, 6) is 5.15. The van der Waals surface area contributed by atoms with Crippen molar-refractivity contribution in [1.82, 2.24) is 10.4 Å². The van der Waals surface area contributed by atoms with E-state index in [1.807, 2.05) is 30.3 Å². The molecule has 0 aliphatic carbocycles. The molecule has 0 heterocycles. The lowest BCUT2D eigenvalue weighted by Gasteiger charge is -2.19. The number of benzene rings is 3. The van der Waals surface area contributed by atoms with Crippen LogP contribution in [-0.2, 0) is 10.0 Å². The summed E-state index contributed by atoms with van der Waals surface area (Å²) in [5, 5.41) is 18.0. The average Bonchev–Trinajstić information content (AvgIpc) is 2.89. The first-order chi connectivity index (χ1) is 17.6. The van der Waals surface area contributed by atoms with Gasteiger partial charge in [0.1, 0.15) is 6.04 Å². The lowest BCUT2D eigenvalue weighted by molar-refractivity contribution is -0.0536. The minimum Gasteiger partial charge on any atom is -0.352 e. The van der Waals surface area contributed by atoms with Crippen LogP contribution in [-0.4, -0.2) is 43.2 Å². The van der Waals surface area contributed by atoms with E-state index in [1.165, 1.54) is 19.1 Å². The van der Waals surface area contributed by atoms with E-state index in [0.717, 1.165) is 11.1 Å². The van der Waals surface area contributed by atoms with Crippen LogP contribution in [0.4, 0.5) is 4.79 Å². The fourth-order valence-corrected chi connectivity index (χ4v) is 4.23. The molecule has 0 aromatic heterocycles. The van der Waals surface area contributed by atoms with Gasteiger partial charge in [-0.15, -0.1) is 0 Å². The fraction of sp³-hybridized carbons (Fsp3) is 0.185. The molecule has 3 aromatic rings. The fourth-order valence-electron chi connectivity index (χ4n) is 3.71. The van der Waals surface area contributed by atoms with Crippen LogP contribution in [0.25, 0.3) is 0 Å². The van der Waals surface area contributed by atoms with Crippen molar-refractivity contribution in [3.05, 3.63) is 101 Å². The minimum absolute atomic E-state index is 0.0371. The van der Waals surface area contributed by atoms with Gasteiger partial charge >= 0.3 is 6.03 Å². The second-order valence-corrected chi connectivity index (χ2v) is 9.89. The van der Waals surface area contributed by atoms with Crippen molar-refractivity contribution < 1.29 is 23.2 Å². The molecule has 0 bridgehead atoms. The maximum Gasteiger partial charge on any atom is 0.339 e. The number of primary amides is 1. The molecule has 2 atom stereocenters. The van der Waals surface area contributed by atoms with E-state index in [9.17, 15) is 23.2 Å². The Bertz CT molecular complexity index is 1410. The van der Waals surface area contributed by atoms with Crippen LogP contribution in [0, 0.1) is 11.8 Å². The Morgan fingerprint density at radius 2 is 1.65 bits per heavy atom. The van der Waals surface area contributed by atoms with Crippen LogP contribution >= 0.6 is 0 Å². The van der Waals surface area contributed by atoms with Crippen molar-refractivity contribution in [2.24, 2.45) is 10.9 Å². The summed E-state index contributed by atoms with van der Waals surface area (Å²) in [5.41, 5.74) is 7.89. The Balaban J connectivity index is 1.70. The molecule has 0 aliphatic rings. The van der Waals surface area contributed by atoms with Gasteiger partial charge in [0.2, 0.25) is 10.0 Å². The molecule has 0 saturated heterocycles. The van der Waals surface area contributed by atoms with Crippen molar-refractivity contribution in [2.45, 2.75) is 30.2 Å². The number of urea groups is 1. The van der Waals surface area contributed by atoms with Crippen molar-refractivity contribution >= 4 is 22.0 Å². The third-order valence-corrected chi connectivity index (χ3v) is 6.60. The van der Waals surface area contributed by atoms with E-state index < -0.39 is 22.1 Å². The molecule has 3 rings (SSSR count). The lowest BCUT2D eigenvalue weighted by Crippen LogP contribution is -2.38. The standard InChI is InChI=1S/C27H28N4O5S/c1-19(31(34)27(28)33)10-11-20-6-5-9-23(18-20)26(32)30-17-16-25(21-7-3-2-4-8-21)22-12-14-24(15-13-22)37(29,35)36/h2-9,12-15,18-19,25,34H,16-17H2,1H3,(H2,28,33)(H,30,32)(H2,29,35,36)/t19-,25?/m1/s1. The molecule has 37 heavy (non-hydrogen) atoms. The minimum atomic E-state index is -3.79. The zero-order valence-electron chi connectivity index (χ0n) is 20.2. The third-order valence-electron chi connectivity index (χ3n) is 5.67. The highest BCUT2D eigenvalue weighted by Crippen LogP contribution is 2.28. The van der Waals surface area contributed by atoms with Gasteiger partial charge in [0, 0.05) is 23.6 Å². The number of nitrogens with one attached hydrogen (secondary N) is 1. The van der Waals surface area contributed by atoms with E-state index in [1.54, 1.807) is 36.4 Å². The zero-order valence-corrected chi connectivity index (χ0v) is 21.0. The Labute approximate surface area is 216 Å². The number of hydroxylamine groups is 2. The molecule has 1 unspecified atom stereocenters. The van der Waals surface area contributed by atoms with Crippen LogP contribution in [0.5, 0.6) is 0 Å². The van der Waals surface area contributed by atoms with E-state index in [2.05, 4.69) is 17.2 Å². The smallest absolute Gasteiger partial charge is 0.339 e. The van der Waals surface area contributed by atoms with Gasteiger partial charge in [0.05, 0.1) is 4.90 Å². The predicted octanol–water partition coefficient (Wildman–Crippen LogP) is 2.80. The van der Waals surface area contributed by atoms with Gasteiger partial charge in [0.25, 0.3) is 5.91 Å². The number of primary sulfonamides is 1. The topological polar surface area (TPSA) is 156 Å². The molecule has 3 amide bonds. The number of carbonyl (C=O) groups is 2. The molecule has 0 fully saturated rings. The first-order valence-corrected chi connectivity index (χ1v) is 13.0. The van der Waals surface area contributed by atoms with Gasteiger partial charge in [-0.1, -0.05) is 60.4 Å². The van der Waals surface area contributed by atoms with E-state index in [0.29, 0.717) is 29.2 Å². The normalized spacial score (nSPS) is 12.5. The SMILES string of the molecule is C[C@H](C#Cc1cccc(C(=O)NCCC(c2ccccc2)c2ccc(S(N)(=O)=O)cc2)c1)N(O)C(N)=O. The second kappa shape index (κ2) is 12.2. The van der Waals surface area contributed by atoms with Crippen molar-refractivity contribution in [3.8, 4) is 11.8 Å². The lowest BCUT2D eigenvalue weighted by atomic mass is 9.88. The molecule has 6 N–H and O–H groups in total. The monoisotopic (exact) mass is 520 g/mol. The molecule has 0 saturated carbocycles. The molecular weight excluding hydrogens is 492 g/mol. The number of carbonyl (C=O) groups excluding carboxylic acids is 2. The number of hydrogen-bond acceptors (Lipinski definition) is 5. The molecule has 3 aromatic carbocycles. The number of rotatable bonds is 8. The summed E-state index contributed by atoms with van der Waals surface area (Å²) in [6.45, 7) is 1.88. The Morgan fingerprint density at radius 1 is 1.00 bits per heavy atom. The summed E-state index contributed by atoms with van der Waals surface area (Å²) in [7, 11) is -3.79. The summed E-state index contributed by atoms with van der Waals surface area (Å²) >= 11 is 0. The number of hydrogen-bond donors (Lipinski definition) is 4. The quantitative estimate of drug-likeness (QED) is 0.204. The second-order valence-electron chi connectivity index (χ2n) is 8.33. The van der Waals surface area contributed by atoms with E-state index in [4.69, 9.17) is 10.9 Å². The Hall–Kier alpha value is -4.17. The maximum atomic E-state index is 12.8. The summed E-state index contributed by atoms with van der Waals surface area (Å²) < 4.78 is 23.2. The van der Waals surface area contributed by atoms with Crippen molar-refractivity contribution in [3.63, 3.8) is 0 Å². The highest BCUT2D eigenvalue weighted by Gasteiger charge is 2.17. The van der Waals surface area contributed by atoms with Crippen LogP contribution in [0.2, 0.25) is 0 Å². The van der Waals surface area contributed by atoms with Crippen LogP contribution in [0.15, 0.2) is 83.8 Å². The van der Waals surface area contributed by atoms with E-state index in [-0.39, 0.29) is 16.7 Å². The highest BCUT2D eigenvalue weighted by molar-refractivity contribution is 7.89. The van der Waals surface area contributed by atoms with Crippen LogP contribution in [0.3, 0.4) is 0 Å². The van der Waals surface area contributed by atoms with Crippen molar-refractivity contribution in [1.29, 1.82) is 0 Å². The van der Waals surface area contributed by atoms with Crippen LogP contribution < -0.4 is 16.2 Å². The van der Waals surface area contributed by atoms with Crippen molar-refractivity contribution in [2.75, 3.05) is 6.54 Å². The summed E-state index contributed by atoms with van der Waals surface area (Å²) in [6, 6.07) is 21.0. The number of nitrogens with two attached hydrogens (primary N) is 2. The third kappa shape index (κ3) is 7.65. The number of amides is 3. The molecule has 9 nitrogen and oxygen atoms in total. The van der Waals surface area contributed by atoms with Gasteiger partial charge in [-0.3, -0.25) is 10.0 Å². The summed E-state index contributed by atoms with van der Waals surface area (Å²) in [4.78, 5) is 23.9. The van der Waals surface area contributed by atoms with Gasteiger partial charge in [-0.2, -0.15) is 5.06 Å². The Morgan fingerprint density at radius 3 is 2.27 bits per heavy atom. The van der Waals surface area contributed by atoms with Gasteiger partial charge in [-0.05, 0) is 54.8 Å². The predicted molar refractivity (Wildman–Crippen MR) is 139 cm³/mol. The molecule has 192 valence electrons. The highest BCUT2D eigenvalue weighted by atomic mass is 32.2. The zero-order chi connectivity index (χ0) is 27.0. The number of sulfonamides is 1. The largest absolute Gasteiger partial charge is 0.352 e. The maximum absolute atomic E-state index is 12.8. The molecular formula is C27H28N4O5S. The van der Waals surface area contributed by atoms with Gasteiger partial charge in [0.15, 0.2) is 0 Å². The molecule has 10 heteroatoms. The molecule has 0 radical (unpaired) electrons. The van der Waals surface area contributed by atoms with Gasteiger partial charge in [-0.25, -0.2) is 18.4 Å². The first kappa shape index (κ1) is 27.4. The van der Waals surface area contributed by atoms with Gasteiger partial charge < -0.3 is 11.1 Å². The van der Waals surface area contributed by atoms with E-state index >= 15 is 0 Å².